The first-order valence-corrected chi connectivity index (χ1v) is 9.81. The zero-order valence-electron chi connectivity index (χ0n) is 16.3. The lowest BCUT2D eigenvalue weighted by atomic mass is 10.1. The van der Waals surface area contributed by atoms with Crippen molar-refractivity contribution < 1.29 is 23.9 Å². The number of ether oxygens (including phenoxy) is 2. The summed E-state index contributed by atoms with van der Waals surface area (Å²) in [5, 5.41) is 2.49. The molecule has 31 heavy (non-hydrogen) atoms. The number of carbonyl (C=O) groups is 3. The molecule has 2 aromatic carbocycles. The van der Waals surface area contributed by atoms with Crippen molar-refractivity contribution in [2.45, 2.75) is 6.92 Å². The normalized spacial score (nSPS) is 15.0. The minimum Gasteiger partial charge on any atom is -0.490 e. The van der Waals surface area contributed by atoms with Gasteiger partial charge in [-0.3, -0.25) is 14.9 Å². The molecule has 1 aliphatic heterocycles. The molecule has 3 rings (SSSR count). The predicted octanol–water partition coefficient (Wildman–Crippen LogP) is 4.07. The number of barbiturate groups is 1. The summed E-state index contributed by atoms with van der Waals surface area (Å²) in [6, 6.07) is 8.43. The molecule has 1 aliphatic rings. The highest BCUT2D eigenvalue weighted by Crippen LogP contribution is 2.37. The first-order chi connectivity index (χ1) is 14.9. The van der Waals surface area contributed by atoms with E-state index in [1.54, 1.807) is 25.1 Å². The molecule has 0 aliphatic carbocycles. The Morgan fingerprint density at radius 1 is 1.13 bits per heavy atom. The van der Waals surface area contributed by atoms with E-state index in [2.05, 4.69) is 11.2 Å². The summed E-state index contributed by atoms with van der Waals surface area (Å²) in [4.78, 5) is 38.5. The first kappa shape index (κ1) is 22.2. The maximum Gasteiger partial charge on any atom is 0.335 e. The van der Waals surface area contributed by atoms with Gasteiger partial charge in [0.25, 0.3) is 11.8 Å². The molecule has 1 N–H and O–H groups in total. The third-order valence-electron chi connectivity index (χ3n) is 4.14. The molecule has 1 heterocycles. The molecular weight excluding hydrogens is 443 g/mol. The van der Waals surface area contributed by atoms with Crippen molar-refractivity contribution in [1.29, 1.82) is 0 Å². The molecule has 0 aromatic heterocycles. The molecule has 0 unspecified atom stereocenters. The number of halogens is 2. The summed E-state index contributed by atoms with van der Waals surface area (Å²) in [6.07, 6.45) is 6.52. The molecule has 1 fully saturated rings. The van der Waals surface area contributed by atoms with Gasteiger partial charge >= 0.3 is 6.03 Å². The number of nitrogens with one attached hydrogen (secondary N) is 1. The number of benzene rings is 2. The van der Waals surface area contributed by atoms with Gasteiger partial charge in [0, 0.05) is 0 Å². The Bertz CT molecular complexity index is 1140. The van der Waals surface area contributed by atoms with Crippen LogP contribution in [0, 0.1) is 12.3 Å². The van der Waals surface area contributed by atoms with Gasteiger partial charge in [0.1, 0.15) is 12.2 Å². The molecule has 0 bridgehead atoms. The highest BCUT2D eigenvalue weighted by atomic mass is 35.5. The van der Waals surface area contributed by atoms with E-state index in [0.29, 0.717) is 17.9 Å². The lowest BCUT2D eigenvalue weighted by molar-refractivity contribution is -0.122. The van der Waals surface area contributed by atoms with Crippen LogP contribution in [0.3, 0.4) is 0 Å². The number of nitrogens with zero attached hydrogens (tertiary/aromatic N) is 1. The first-order valence-electron chi connectivity index (χ1n) is 9.06. The second-order valence-electron chi connectivity index (χ2n) is 6.17. The fourth-order valence-electron chi connectivity index (χ4n) is 2.86. The van der Waals surface area contributed by atoms with Crippen molar-refractivity contribution in [3.63, 3.8) is 0 Å². The zero-order valence-corrected chi connectivity index (χ0v) is 17.8. The van der Waals surface area contributed by atoms with Crippen LogP contribution in [0.4, 0.5) is 10.5 Å². The number of anilines is 1. The summed E-state index contributed by atoms with van der Waals surface area (Å²) < 4.78 is 11.0. The number of para-hydroxylation sites is 1. The molecule has 0 spiro atoms. The van der Waals surface area contributed by atoms with Crippen molar-refractivity contribution in [1.82, 2.24) is 5.32 Å². The van der Waals surface area contributed by atoms with Gasteiger partial charge in [-0.25, -0.2) is 9.69 Å². The van der Waals surface area contributed by atoms with Crippen molar-refractivity contribution in [3.8, 4) is 23.8 Å². The highest BCUT2D eigenvalue weighted by molar-refractivity contribution is 6.42. The molecule has 4 amide bonds. The maximum absolute atomic E-state index is 13.0. The van der Waals surface area contributed by atoms with Crippen LogP contribution in [-0.4, -0.2) is 31.1 Å². The molecule has 0 radical (unpaired) electrons. The number of amides is 4. The number of hydrogen-bond acceptors (Lipinski definition) is 5. The lowest BCUT2D eigenvalue weighted by Gasteiger charge is -2.27. The number of urea groups is 1. The Morgan fingerprint density at radius 3 is 2.55 bits per heavy atom. The summed E-state index contributed by atoms with van der Waals surface area (Å²) in [7, 11) is 0. The third-order valence-corrected chi connectivity index (χ3v) is 4.74. The van der Waals surface area contributed by atoms with Gasteiger partial charge in [0.05, 0.1) is 22.3 Å². The minimum absolute atomic E-state index is 0.0178. The van der Waals surface area contributed by atoms with Crippen molar-refractivity contribution in [2.24, 2.45) is 0 Å². The van der Waals surface area contributed by atoms with Crippen LogP contribution in [-0.2, 0) is 9.59 Å². The van der Waals surface area contributed by atoms with Gasteiger partial charge in [-0.1, -0.05) is 41.3 Å². The van der Waals surface area contributed by atoms with Gasteiger partial charge in [-0.05, 0) is 42.8 Å². The molecule has 0 atom stereocenters. The van der Waals surface area contributed by atoms with Crippen molar-refractivity contribution in [3.05, 3.63) is 57.6 Å². The van der Waals surface area contributed by atoms with Crippen LogP contribution in [0.5, 0.6) is 11.5 Å². The van der Waals surface area contributed by atoms with Gasteiger partial charge in [0.2, 0.25) is 0 Å². The fraction of sp³-hybridized carbons (Fsp3) is 0.136. The topological polar surface area (TPSA) is 84.9 Å². The molecule has 0 saturated carbocycles. The van der Waals surface area contributed by atoms with E-state index < -0.39 is 17.8 Å². The standard InChI is InChI=1S/C22H16Cl2N2O5/c1-3-9-31-19-16(24)11-13(12-18(19)30-4-2)10-14-20(27)25-22(29)26(21(14)28)17-8-6-5-7-15(17)23/h1,5-8,10-12H,4,9H2,2H3,(H,25,27,29)/b14-10+. The van der Waals surface area contributed by atoms with Crippen LogP contribution < -0.4 is 19.7 Å². The fourth-order valence-corrected chi connectivity index (χ4v) is 3.36. The quantitative estimate of drug-likeness (QED) is 0.400. The molecule has 9 heteroatoms. The van der Waals surface area contributed by atoms with Crippen LogP contribution in [0.2, 0.25) is 10.0 Å². The molecule has 2 aromatic rings. The number of carbonyl (C=O) groups excluding carboxylic acids is 3. The number of imide groups is 2. The monoisotopic (exact) mass is 458 g/mol. The second-order valence-corrected chi connectivity index (χ2v) is 6.98. The SMILES string of the molecule is C#CCOc1c(Cl)cc(/C=C2\C(=O)NC(=O)N(c3ccccc3Cl)C2=O)cc1OCC. The summed E-state index contributed by atoms with van der Waals surface area (Å²) in [5.74, 6) is 1.20. The Balaban J connectivity index is 2.04. The smallest absolute Gasteiger partial charge is 0.335 e. The van der Waals surface area contributed by atoms with Crippen LogP contribution >= 0.6 is 23.2 Å². The van der Waals surface area contributed by atoms with Gasteiger partial charge < -0.3 is 9.47 Å². The summed E-state index contributed by atoms with van der Waals surface area (Å²) in [6.45, 7) is 2.07. The Morgan fingerprint density at radius 2 is 1.87 bits per heavy atom. The predicted molar refractivity (Wildman–Crippen MR) is 117 cm³/mol. The highest BCUT2D eigenvalue weighted by Gasteiger charge is 2.37. The Kier molecular flexibility index (Phi) is 6.85. The molecule has 158 valence electrons. The van der Waals surface area contributed by atoms with E-state index in [9.17, 15) is 14.4 Å². The Hall–Kier alpha value is -3.47. The van der Waals surface area contributed by atoms with Gasteiger partial charge in [-0.15, -0.1) is 6.42 Å². The number of hydrogen-bond donors (Lipinski definition) is 1. The van der Waals surface area contributed by atoms with Gasteiger partial charge in [-0.2, -0.15) is 0 Å². The van der Waals surface area contributed by atoms with Crippen LogP contribution in [0.1, 0.15) is 12.5 Å². The van der Waals surface area contributed by atoms with Crippen molar-refractivity contribution >= 4 is 52.8 Å². The van der Waals surface area contributed by atoms with E-state index in [1.807, 2.05) is 0 Å². The van der Waals surface area contributed by atoms with E-state index in [-0.39, 0.29) is 33.7 Å². The molecular formula is C22H16Cl2N2O5. The summed E-state index contributed by atoms with van der Waals surface area (Å²) in [5.41, 5.74) is 0.250. The Labute approximate surface area is 188 Å². The number of terminal acetylenes is 1. The van der Waals surface area contributed by atoms with Gasteiger partial charge in [0.15, 0.2) is 11.5 Å². The average Bonchev–Trinajstić information content (AvgIpc) is 2.72. The molecule has 7 nitrogen and oxygen atoms in total. The van der Waals surface area contributed by atoms with E-state index >= 15 is 0 Å². The van der Waals surface area contributed by atoms with Crippen LogP contribution in [0.15, 0.2) is 42.0 Å². The van der Waals surface area contributed by atoms with Crippen molar-refractivity contribution in [2.75, 3.05) is 18.1 Å². The largest absolute Gasteiger partial charge is 0.490 e. The molecule has 1 saturated heterocycles. The van der Waals surface area contributed by atoms with E-state index in [1.165, 1.54) is 24.3 Å². The second kappa shape index (κ2) is 9.56. The van der Waals surface area contributed by atoms with Crippen LogP contribution in [0.25, 0.3) is 6.08 Å². The van der Waals surface area contributed by atoms with E-state index in [0.717, 1.165) is 4.90 Å². The minimum atomic E-state index is -0.897. The summed E-state index contributed by atoms with van der Waals surface area (Å²) >= 11 is 12.4. The zero-order chi connectivity index (χ0) is 22.5. The number of rotatable bonds is 6. The lowest BCUT2D eigenvalue weighted by Crippen LogP contribution is -2.54. The average molecular weight is 459 g/mol. The third kappa shape index (κ3) is 4.66. The van der Waals surface area contributed by atoms with E-state index in [4.69, 9.17) is 39.1 Å². The maximum atomic E-state index is 13.0.